The lowest BCUT2D eigenvalue weighted by Gasteiger charge is -2.25. The van der Waals surface area contributed by atoms with Crippen LogP contribution in [-0.2, 0) is 20.9 Å². The Morgan fingerprint density at radius 2 is 1.65 bits per heavy atom. The first-order valence-electron chi connectivity index (χ1n) is 14.0. The van der Waals surface area contributed by atoms with Gasteiger partial charge in [0.25, 0.3) is 11.5 Å². The number of fused-ring (bicyclic) bond motifs is 2. The quantitative estimate of drug-likeness (QED) is 0.278. The number of allylic oxidation sites excluding steroid dienone is 1. The number of hydrogen-bond acceptors (Lipinski definition) is 6. The Hall–Kier alpha value is -5.02. The van der Waals surface area contributed by atoms with Crippen molar-refractivity contribution in [1.82, 2.24) is 9.13 Å². The van der Waals surface area contributed by atoms with Crippen molar-refractivity contribution < 1.29 is 14.3 Å². The molecule has 9 heteroatoms. The Morgan fingerprint density at radius 3 is 2.37 bits per heavy atom. The van der Waals surface area contributed by atoms with Crippen LogP contribution in [-0.4, -0.2) is 27.6 Å². The van der Waals surface area contributed by atoms with Crippen LogP contribution in [0.3, 0.4) is 0 Å². The van der Waals surface area contributed by atoms with Gasteiger partial charge >= 0.3 is 5.97 Å². The summed E-state index contributed by atoms with van der Waals surface area (Å²) in [5, 5.41) is 3.90. The number of esters is 1. The van der Waals surface area contributed by atoms with Gasteiger partial charge in [-0.25, -0.2) is 4.99 Å². The van der Waals surface area contributed by atoms with Crippen molar-refractivity contribution >= 4 is 45.9 Å². The summed E-state index contributed by atoms with van der Waals surface area (Å²) in [6.45, 7) is 5.90. The average Bonchev–Trinajstić information content (AvgIpc) is 3.45. The first-order chi connectivity index (χ1) is 20.9. The van der Waals surface area contributed by atoms with Crippen LogP contribution in [0.1, 0.15) is 36.7 Å². The Bertz CT molecular complexity index is 2070. The van der Waals surface area contributed by atoms with Crippen LogP contribution in [0.25, 0.3) is 17.0 Å². The largest absolute Gasteiger partial charge is 0.465 e. The fraction of sp³-hybridized carbons (Fsp3) is 0.176. The zero-order valence-electron chi connectivity index (χ0n) is 24.0. The maximum atomic E-state index is 14.2. The van der Waals surface area contributed by atoms with Crippen molar-refractivity contribution in [3.05, 3.63) is 133 Å². The van der Waals surface area contributed by atoms with Gasteiger partial charge in [0.1, 0.15) is 6.54 Å². The summed E-state index contributed by atoms with van der Waals surface area (Å²) >= 11 is 1.29. The molecule has 3 heterocycles. The van der Waals surface area contributed by atoms with Crippen LogP contribution < -0.4 is 20.2 Å². The smallest absolute Gasteiger partial charge is 0.325 e. The molecule has 0 unspecified atom stereocenters. The number of benzene rings is 3. The molecule has 1 amide bonds. The third kappa shape index (κ3) is 5.23. The monoisotopic (exact) mass is 590 g/mol. The molecule has 0 fully saturated rings. The van der Waals surface area contributed by atoms with E-state index in [1.165, 1.54) is 11.3 Å². The topological polar surface area (TPSA) is 94.7 Å². The summed E-state index contributed by atoms with van der Waals surface area (Å²) in [7, 11) is 0. The lowest BCUT2D eigenvalue weighted by atomic mass is 9.95. The fourth-order valence-electron chi connectivity index (χ4n) is 5.59. The van der Waals surface area contributed by atoms with E-state index >= 15 is 0 Å². The summed E-state index contributed by atoms with van der Waals surface area (Å²) in [6, 6.07) is 25.9. The zero-order chi connectivity index (χ0) is 30.1. The molecule has 0 aliphatic carbocycles. The molecule has 1 aliphatic heterocycles. The second-order valence-electron chi connectivity index (χ2n) is 10.2. The van der Waals surface area contributed by atoms with Gasteiger partial charge in [-0.05, 0) is 50.6 Å². The molecule has 1 N–H and O–H groups in total. The SMILES string of the molecule is CCOC(=O)Cn1c(C)c(/C=c2\sc3n(c2=O)[C@@H](c2ccccc2)C(C(=O)Nc2ccccc2)=C(C)N=3)c2ccccc21. The molecule has 43 heavy (non-hydrogen) atoms. The number of nitrogens with zero attached hydrogens (tertiary/aromatic N) is 3. The number of amides is 1. The van der Waals surface area contributed by atoms with Crippen molar-refractivity contribution in [1.29, 1.82) is 0 Å². The molecular weight excluding hydrogens is 560 g/mol. The second kappa shape index (κ2) is 11.7. The number of para-hydroxylation sites is 2. The number of rotatable bonds is 7. The van der Waals surface area contributed by atoms with E-state index in [1.807, 2.05) is 102 Å². The van der Waals surface area contributed by atoms with Gasteiger partial charge in [0, 0.05) is 27.8 Å². The van der Waals surface area contributed by atoms with E-state index in [-0.39, 0.29) is 24.0 Å². The van der Waals surface area contributed by atoms with Crippen LogP contribution in [0.15, 0.2) is 106 Å². The van der Waals surface area contributed by atoms with E-state index in [0.29, 0.717) is 32.9 Å². The molecule has 6 rings (SSSR count). The minimum atomic E-state index is -0.658. The maximum absolute atomic E-state index is 14.2. The molecule has 8 nitrogen and oxygen atoms in total. The number of ether oxygens (including phenoxy) is 1. The van der Waals surface area contributed by atoms with Gasteiger partial charge < -0.3 is 14.6 Å². The molecule has 3 aromatic carbocycles. The Kier molecular flexibility index (Phi) is 7.65. The molecule has 0 saturated carbocycles. The molecule has 216 valence electrons. The van der Waals surface area contributed by atoms with Gasteiger partial charge in [-0.2, -0.15) is 0 Å². The van der Waals surface area contributed by atoms with E-state index < -0.39 is 6.04 Å². The second-order valence-corrected chi connectivity index (χ2v) is 11.2. The summed E-state index contributed by atoms with van der Waals surface area (Å²) in [4.78, 5) is 45.6. The standard InChI is InChI=1S/C34H30N4O4S/c1-4-42-29(39)20-37-22(3)26(25-17-11-12-18-27(25)37)19-28-33(41)38-31(23-13-7-5-8-14-23)30(21(2)35-34(38)43-28)32(40)36-24-15-9-6-10-16-24/h5-19,31H,4,20H2,1-3H3,(H,36,40)/b28-19-/t31-/m0/s1. The fourth-order valence-corrected chi connectivity index (χ4v) is 6.62. The van der Waals surface area contributed by atoms with Gasteiger partial charge in [-0.3, -0.25) is 19.0 Å². The highest BCUT2D eigenvalue weighted by Gasteiger charge is 2.32. The number of aromatic nitrogens is 2. The van der Waals surface area contributed by atoms with E-state index in [4.69, 9.17) is 9.73 Å². The number of hydrogen-bond donors (Lipinski definition) is 1. The molecule has 0 spiro atoms. The molecule has 0 bridgehead atoms. The van der Waals surface area contributed by atoms with E-state index in [2.05, 4.69) is 5.32 Å². The third-order valence-corrected chi connectivity index (χ3v) is 8.54. The van der Waals surface area contributed by atoms with Gasteiger partial charge in [-0.1, -0.05) is 78.1 Å². The molecular formula is C34H30N4O4S. The predicted octanol–water partition coefficient (Wildman–Crippen LogP) is 4.70. The third-order valence-electron chi connectivity index (χ3n) is 7.56. The minimum Gasteiger partial charge on any atom is -0.465 e. The normalized spacial score (nSPS) is 14.9. The number of carbonyl (C=O) groups is 2. The van der Waals surface area contributed by atoms with Gasteiger partial charge in [0.15, 0.2) is 4.80 Å². The van der Waals surface area contributed by atoms with Crippen molar-refractivity contribution in [2.75, 3.05) is 11.9 Å². The van der Waals surface area contributed by atoms with Crippen LogP contribution in [0, 0.1) is 6.92 Å². The number of thiazole rings is 1. The highest BCUT2D eigenvalue weighted by atomic mass is 32.1. The molecule has 0 radical (unpaired) electrons. The lowest BCUT2D eigenvalue weighted by Crippen LogP contribution is -2.40. The summed E-state index contributed by atoms with van der Waals surface area (Å²) in [5.74, 6) is -0.634. The van der Waals surface area contributed by atoms with Gasteiger partial charge in [-0.15, -0.1) is 0 Å². The molecule has 0 saturated heterocycles. The van der Waals surface area contributed by atoms with Crippen LogP contribution in [0.2, 0.25) is 0 Å². The molecule has 2 aromatic heterocycles. The van der Waals surface area contributed by atoms with Crippen LogP contribution >= 0.6 is 11.3 Å². The Labute approximate surface area is 251 Å². The van der Waals surface area contributed by atoms with Crippen molar-refractivity contribution in [3.8, 4) is 0 Å². The molecule has 1 atom stereocenters. The summed E-state index contributed by atoms with van der Waals surface area (Å²) < 4.78 is 9.23. The first kappa shape index (κ1) is 28.1. The highest BCUT2D eigenvalue weighted by Crippen LogP contribution is 2.31. The van der Waals surface area contributed by atoms with Gasteiger partial charge in [0.2, 0.25) is 0 Å². The summed E-state index contributed by atoms with van der Waals surface area (Å²) in [5.41, 5.74) is 4.77. The maximum Gasteiger partial charge on any atom is 0.325 e. The first-order valence-corrected chi connectivity index (χ1v) is 14.9. The van der Waals surface area contributed by atoms with E-state index in [0.717, 1.165) is 27.7 Å². The zero-order valence-corrected chi connectivity index (χ0v) is 24.9. The predicted molar refractivity (Wildman–Crippen MR) is 169 cm³/mol. The number of anilines is 1. The molecule has 1 aliphatic rings. The Morgan fingerprint density at radius 1 is 0.977 bits per heavy atom. The van der Waals surface area contributed by atoms with E-state index in [9.17, 15) is 14.4 Å². The summed E-state index contributed by atoms with van der Waals surface area (Å²) in [6.07, 6.45) is 1.87. The van der Waals surface area contributed by atoms with Crippen LogP contribution in [0.5, 0.6) is 0 Å². The van der Waals surface area contributed by atoms with Crippen molar-refractivity contribution in [3.63, 3.8) is 0 Å². The lowest BCUT2D eigenvalue weighted by molar-refractivity contribution is -0.143. The van der Waals surface area contributed by atoms with E-state index in [1.54, 1.807) is 18.4 Å². The van der Waals surface area contributed by atoms with Gasteiger partial charge in [0.05, 0.1) is 28.5 Å². The average molecular weight is 591 g/mol. The molecule has 5 aromatic rings. The van der Waals surface area contributed by atoms with Crippen molar-refractivity contribution in [2.24, 2.45) is 4.99 Å². The van der Waals surface area contributed by atoms with Crippen molar-refractivity contribution in [2.45, 2.75) is 33.4 Å². The number of carbonyl (C=O) groups excluding carboxylic acids is 2. The minimum absolute atomic E-state index is 0.0718. The number of nitrogens with one attached hydrogen (secondary N) is 1. The Balaban J connectivity index is 1.51. The van der Waals surface area contributed by atoms with Crippen LogP contribution in [0.4, 0.5) is 5.69 Å². The highest BCUT2D eigenvalue weighted by molar-refractivity contribution is 7.07.